The molecular weight excluding hydrogens is 592 g/mol. The minimum absolute atomic E-state index is 0.0145. The molecule has 0 heterocycles. The number of para-hydroxylation sites is 1. The van der Waals surface area contributed by atoms with Crippen LogP contribution in [0.25, 0.3) is 6.08 Å². The first kappa shape index (κ1) is 25.2. The Bertz CT molecular complexity index is 1420. The Hall–Kier alpha value is -3.46. The Balaban J connectivity index is 1.89. The second-order valence-corrected chi connectivity index (χ2v) is 9.89. The van der Waals surface area contributed by atoms with Crippen LogP contribution in [-0.2, 0) is 14.9 Å². The van der Waals surface area contributed by atoms with Crippen molar-refractivity contribution in [2.24, 2.45) is 0 Å². The van der Waals surface area contributed by atoms with Crippen molar-refractivity contribution in [2.45, 2.75) is 4.90 Å². The molecule has 0 unspecified atom stereocenters. The van der Waals surface area contributed by atoms with E-state index in [4.69, 9.17) is 4.18 Å². The number of halogens is 2. The Morgan fingerprint density at radius 3 is 2.18 bits per heavy atom. The van der Waals surface area contributed by atoms with Gasteiger partial charge in [-0.05, 0) is 79.9 Å². The highest BCUT2D eigenvalue weighted by Crippen LogP contribution is 2.37. The van der Waals surface area contributed by atoms with E-state index in [-0.39, 0.29) is 36.4 Å². The maximum absolute atomic E-state index is 12.6. The minimum Gasteiger partial charge on any atom is -0.478 e. The van der Waals surface area contributed by atoms with Gasteiger partial charge in [-0.15, -0.1) is 0 Å². The number of nitrogens with zero attached hydrogens (tertiary/aromatic N) is 1. The van der Waals surface area contributed by atoms with E-state index in [9.17, 15) is 28.4 Å². The first-order valence-corrected chi connectivity index (χ1v) is 12.4. The highest BCUT2D eigenvalue weighted by Gasteiger charge is 2.21. The standard InChI is InChI=1S/C23H14Br2N2O6S/c24-18-11-14(12-19(25)21(18)33-34(31,32)16-6-2-1-3-7-16)10-15(13-26)22(28)27-20-9-5-4-8-17(20)23(29)30/h1-12H,(H,27,28)(H,29,30)/b15-10+. The maximum atomic E-state index is 12.6. The molecule has 34 heavy (non-hydrogen) atoms. The number of carboxylic acid groups (broad SMARTS) is 1. The summed E-state index contributed by atoms with van der Waals surface area (Å²) in [4.78, 5) is 23.9. The smallest absolute Gasteiger partial charge is 0.339 e. The molecule has 0 radical (unpaired) electrons. The number of rotatable bonds is 7. The molecule has 0 atom stereocenters. The van der Waals surface area contributed by atoms with Crippen molar-refractivity contribution >= 4 is 65.6 Å². The topological polar surface area (TPSA) is 134 Å². The van der Waals surface area contributed by atoms with Crippen LogP contribution in [0.2, 0.25) is 0 Å². The number of hydrogen-bond acceptors (Lipinski definition) is 6. The van der Waals surface area contributed by atoms with Gasteiger partial charge in [-0.25, -0.2) is 4.79 Å². The van der Waals surface area contributed by atoms with Gasteiger partial charge in [-0.1, -0.05) is 30.3 Å². The van der Waals surface area contributed by atoms with Crippen molar-refractivity contribution in [2.75, 3.05) is 5.32 Å². The summed E-state index contributed by atoms with van der Waals surface area (Å²) >= 11 is 6.51. The van der Waals surface area contributed by atoms with Crippen LogP contribution in [0.4, 0.5) is 5.69 Å². The molecule has 8 nitrogen and oxygen atoms in total. The van der Waals surface area contributed by atoms with Crippen LogP contribution in [0.5, 0.6) is 5.75 Å². The zero-order valence-electron chi connectivity index (χ0n) is 17.0. The number of hydrogen-bond donors (Lipinski definition) is 2. The van der Waals surface area contributed by atoms with E-state index in [0.29, 0.717) is 5.56 Å². The molecule has 0 aliphatic carbocycles. The SMILES string of the molecule is N#C/C(=C\c1cc(Br)c(OS(=O)(=O)c2ccccc2)c(Br)c1)C(=O)Nc1ccccc1C(=O)O. The zero-order valence-corrected chi connectivity index (χ0v) is 21.0. The molecule has 3 aromatic rings. The molecule has 0 saturated carbocycles. The predicted octanol–water partition coefficient (Wildman–Crippen LogP) is 5.22. The van der Waals surface area contributed by atoms with Crippen LogP contribution in [0.1, 0.15) is 15.9 Å². The molecular formula is C23H14Br2N2O6S. The van der Waals surface area contributed by atoms with Crippen LogP contribution in [-0.4, -0.2) is 25.4 Å². The summed E-state index contributed by atoms with van der Waals surface area (Å²) in [7, 11) is -4.10. The van der Waals surface area contributed by atoms with E-state index < -0.39 is 22.0 Å². The van der Waals surface area contributed by atoms with Crippen molar-refractivity contribution in [3.8, 4) is 11.8 Å². The van der Waals surface area contributed by atoms with Gasteiger partial charge < -0.3 is 14.6 Å². The second-order valence-electron chi connectivity index (χ2n) is 6.64. The third kappa shape index (κ3) is 5.91. The summed E-state index contributed by atoms with van der Waals surface area (Å²) in [6, 6.07) is 18.1. The maximum Gasteiger partial charge on any atom is 0.339 e. The van der Waals surface area contributed by atoms with Gasteiger partial charge in [0.2, 0.25) is 0 Å². The van der Waals surface area contributed by atoms with Gasteiger partial charge in [0, 0.05) is 0 Å². The second kappa shape index (κ2) is 10.6. The number of amides is 1. The molecule has 0 fully saturated rings. The summed E-state index contributed by atoms with van der Waals surface area (Å²) in [6.07, 6.45) is 1.27. The van der Waals surface area contributed by atoms with Gasteiger partial charge in [0.1, 0.15) is 16.5 Å². The van der Waals surface area contributed by atoms with Crippen molar-refractivity contribution in [1.29, 1.82) is 5.26 Å². The number of carbonyl (C=O) groups excluding carboxylic acids is 1. The Labute approximate surface area is 211 Å². The first-order chi connectivity index (χ1) is 16.1. The fraction of sp³-hybridized carbons (Fsp3) is 0. The zero-order chi connectivity index (χ0) is 24.9. The number of anilines is 1. The molecule has 3 aromatic carbocycles. The van der Waals surface area contributed by atoms with E-state index in [2.05, 4.69) is 37.2 Å². The van der Waals surface area contributed by atoms with E-state index in [1.54, 1.807) is 30.3 Å². The predicted molar refractivity (Wildman–Crippen MR) is 132 cm³/mol. The van der Waals surface area contributed by atoms with Gasteiger partial charge in [-0.2, -0.15) is 13.7 Å². The van der Waals surface area contributed by atoms with E-state index >= 15 is 0 Å². The highest BCUT2D eigenvalue weighted by molar-refractivity contribution is 9.11. The number of carbonyl (C=O) groups is 2. The number of nitriles is 1. The van der Waals surface area contributed by atoms with Crippen molar-refractivity contribution in [3.63, 3.8) is 0 Å². The Morgan fingerprint density at radius 2 is 1.59 bits per heavy atom. The van der Waals surface area contributed by atoms with E-state index in [0.717, 1.165) is 0 Å². The monoisotopic (exact) mass is 604 g/mol. The Morgan fingerprint density at radius 1 is 1.00 bits per heavy atom. The van der Waals surface area contributed by atoms with Crippen LogP contribution >= 0.6 is 31.9 Å². The molecule has 11 heteroatoms. The van der Waals surface area contributed by atoms with Crippen molar-refractivity contribution < 1.29 is 27.3 Å². The van der Waals surface area contributed by atoms with E-state index in [1.165, 1.54) is 48.5 Å². The van der Waals surface area contributed by atoms with Gasteiger partial charge in [0.05, 0.1) is 20.2 Å². The number of carboxylic acids is 1. The number of benzene rings is 3. The largest absolute Gasteiger partial charge is 0.478 e. The average Bonchev–Trinajstić information content (AvgIpc) is 2.80. The molecule has 2 N–H and O–H groups in total. The molecule has 0 aliphatic heterocycles. The summed E-state index contributed by atoms with van der Waals surface area (Å²) < 4.78 is 30.8. The van der Waals surface area contributed by atoms with Crippen molar-refractivity contribution in [3.05, 3.63) is 92.4 Å². The summed E-state index contributed by atoms with van der Waals surface area (Å²) in [5.41, 5.74) is -0.0101. The third-order valence-electron chi connectivity index (χ3n) is 4.33. The summed E-state index contributed by atoms with van der Waals surface area (Å²) in [5, 5.41) is 21.1. The molecule has 0 aromatic heterocycles. The van der Waals surface area contributed by atoms with Crippen LogP contribution in [0.15, 0.2) is 86.1 Å². The van der Waals surface area contributed by atoms with Gasteiger partial charge in [0.15, 0.2) is 5.75 Å². The lowest BCUT2D eigenvalue weighted by molar-refractivity contribution is -0.112. The average molecular weight is 606 g/mol. The molecule has 172 valence electrons. The highest BCUT2D eigenvalue weighted by atomic mass is 79.9. The third-order valence-corrected chi connectivity index (χ3v) is 6.74. The molecule has 1 amide bonds. The molecule has 0 bridgehead atoms. The quantitative estimate of drug-likeness (QED) is 0.214. The molecule has 3 rings (SSSR count). The molecule has 0 saturated heterocycles. The fourth-order valence-electron chi connectivity index (χ4n) is 2.77. The summed E-state index contributed by atoms with van der Waals surface area (Å²) in [6.45, 7) is 0. The fourth-order valence-corrected chi connectivity index (χ4v) is 5.35. The molecule has 0 spiro atoms. The van der Waals surface area contributed by atoms with Gasteiger partial charge in [-0.3, -0.25) is 4.79 Å². The first-order valence-electron chi connectivity index (χ1n) is 9.36. The lowest BCUT2D eigenvalue weighted by Crippen LogP contribution is -2.16. The van der Waals surface area contributed by atoms with E-state index in [1.807, 2.05) is 0 Å². The molecule has 0 aliphatic rings. The minimum atomic E-state index is -4.10. The van der Waals surface area contributed by atoms with Crippen LogP contribution in [0, 0.1) is 11.3 Å². The lowest BCUT2D eigenvalue weighted by Gasteiger charge is -2.12. The van der Waals surface area contributed by atoms with Crippen LogP contribution in [0.3, 0.4) is 0 Å². The van der Waals surface area contributed by atoms with Gasteiger partial charge in [0.25, 0.3) is 5.91 Å². The summed E-state index contributed by atoms with van der Waals surface area (Å²) in [5.74, 6) is -2.05. The van der Waals surface area contributed by atoms with Gasteiger partial charge >= 0.3 is 16.1 Å². The Kier molecular flexibility index (Phi) is 7.88. The lowest BCUT2D eigenvalue weighted by atomic mass is 10.1. The van der Waals surface area contributed by atoms with Crippen LogP contribution < -0.4 is 9.50 Å². The number of aromatic carboxylic acids is 1. The number of nitrogens with one attached hydrogen (secondary N) is 1. The van der Waals surface area contributed by atoms with Crippen molar-refractivity contribution in [1.82, 2.24) is 0 Å². The normalized spacial score (nSPS) is 11.4.